The summed E-state index contributed by atoms with van der Waals surface area (Å²) in [6.45, 7) is 1.61. The van der Waals surface area contributed by atoms with Crippen molar-refractivity contribution in [1.29, 1.82) is 0 Å². The SMILES string of the molecule is OC1CCCN(c2ncncc2Br)C1. The molecule has 2 heterocycles. The number of piperidine rings is 1. The molecule has 14 heavy (non-hydrogen) atoms. The fourth-order valence-electron chi connectivity index (χ4n) is 1.69. The monoisotopic (exact) mass is 257 g/mol. The van der Waals surface area contributed by atoms with Crippen molar-refractivity contribution in [3.05, 3.63) is 17.0 Å². The Labute approximate surface area is 91.1 Å². The Balaban J connectivity index is 2.18. The number of rotatable bonds is 1. The molecular formula is C9H12BrN3O. The molecule has 2 rings (SSSR count). The minimum atomic E-state index is -0.231. The second kappa shape index (κ2) is 4.23. The van der Waals surface area contributed by atoms with Crippen molar-refractivity contribution in [1.82, 2.24) is 9.97 Å². The molecule has 1 N–H and O–H groups in total. The minimum Gasteiger partial charge on any atom is -0.391 e. The van der Waals surface area contributed by atoms with Crippen LogP contribution in [0.1, 0.15) is 12.8 Å². The highest BCUT2D eigenvalue weighted by molar-refractivity contribution is 9.10. The fourth-order valence-corrected chi connectivity index (χ4v) is 2.16. The summed E-state index contributed by atoms with van der Waals surface area (Å²) in [4.78, 5) is 10.2. The maximum absolute atomic E-state index is 9.53. The van der Waals surface area contributed by atoms with Crippen molar-refractivity contribution in [3.8, 4) is 0 Å². The molecule has 0 saturated carbocycles. The summed E-state index contributed by atoms with van der Waals surface area (Å²) in [7, 11) is 0. The highest BCUT2D eigenvalue weighted by Crippen LogP contribution is 2.24. The average Bonchev–Trinajstić information content (AvgIpc) is 2.18. The van der Waals surface area contributed by atoms with Gasteiger partial charge < -0.3 is 10.0 Å². The Morgan fingerprint density at radius 1 is 1.57 bits per heavy atom. The van der Waals surface area contributed by atoms with Gasteiger partial charge in [-0.2, -0.15) is 0 Å². The van der Waals surface area contributed by atoms with Gasteiger partial charge in [-0.15, -0.1) is 0 Å². The van der Waals surface area contributed by atoms with Gasteiger partial charge in [0.15, 0.2) is 0 Å². The lowest BCUT2D eigenvalue weighted by Gasteiger charge is -2.31. The second-order valence-corrected chi connectivity index (χ2v) is 4.29. The standard InChI is InChI=1S/C9H12BrN3O/c10-8-4-11-6-12-9(8)13-3-1-2-7(14)5-13/h4,6-7,14H,1-3,5H2. The van der Waals surface area contributed by atoms with Crippen LogP contribution in [0.15, 0.2) is 17.0 Å². The highest BCUT2D eigenvalue weighted by atomic mass is 79.9. The Morgan fingerprint density at radius 2 is 2.43 bits per heavy atom. The molecule has 0 radical (unpaired) electrons. The number of aromatic nitrogens is 2. The normalized spacial score (nSPS) is 22.4. The van der Waals surface area contributed by atoms with Gasteiger partial charge in [0, 0.05) is 19.3 Å². The van der Waals surface area contributed by atoms with Gasteiger partial charge in [0.05, 0.1) is 10.6 Å². The number of halogens is 1. The van der Waals surface area contributed by atoms with Crippen LogP contribution in [0.25, 0.3) is 0 Å². The number of hydrogen-bond acceptors (Lipinski definition) is 4. The quantitative estimate of drug-likeness (QED) is 0.822. The van der Waals surface area contributed by atoms with E-state index in [0.717, 1.165) is 29.7 Å². The molecule has 1 fully saturated rings. The number of aliphatic hydroxyl groups is 1. The molecule has 1 aliphatic rings. The van der Waals surface area contributed by atoms with Crippen LogP contribution in [0.5, 0.6) is 0 Å². The first kappa shape index (κ1) is 9.86. The predicted molar refractivity (Wildman–Crippen MR) is 57.2 cm³/mol. The largest absolute Gasteiger partial charge is 0.391 e. The van der Waals surface area contributed by atoms with E-state index in [4.69, 9.17) is 0 Å². The lowest BCUT2D eigenvalue weighted by Crippen LogP contribution is -2.38. The Morgan fingerprint density at radius 3 is 3.14 bits per heavy atom. The second-order valence-electron chi connectivity index (χ2n) is 3.44. The van der Waals surface area contributed by atoms with Gasteiger partial charge >= 0.3 is 0 Å². The van der Waals surface area contributed by atoms with E-state index in [1.165, 1.54) is 6.33 Å². The highest BCUT2D eigenvalue weighted by Gasteiger charge is 2.20. The molecule has 4 nitrogen and oxygen atoms in total. The van der Waals surface area contributed by atoms with E-state index in [1.807, 2.05) is 0 Å². The van der Waals surface area contributed by atoms with Crippen molar-refractivity contribution in [3.63, 3.8) is 0 Å². The molecule has 0 spiro atoms. The molecule has 0 aromatic carbocycles. The van der Waals surface area contributed by atoms with Crippen molar-refractivity contribution in [2.24, 2.45) is 0 Å². The van der Waals surface area contributed by atoms with Gasteiger partial charge in [-0.25, -0.2) is 9.97 Å². The number of β-amino-alcohol motifs (C(OH)–C–C–N with tert-alkyl or cyclic N) is 1. The van der Waals surface area contributed by atoms with Gasteiger partial charge in [-0.05, 0) is 28.8 Å². The molecule has 1 aromatic rings. The zero-order chi connectivity index (χ0) is 9.97. The Kier molecular flexibility index (Phi) is 2.98. The molecule has 0 bridgehead atoms. The molecule has 1 saturated heterocycles. The van der Waals surface area contributed by atoms with Crippen LogP contribution in [-0.2, 0) is 0 Å². The van der Waals surface area contributed by atoms with Crippen molar-refractivity contribution in [2.75, 3.05) is 18.0 Å². The summed E-state index contributed by atoms with van der Waals surface area (Å²) < 4.78 is 0.883. The summed E-state index contributed by atoms with van der Waals surface area (Å²) in [6, 6.07) is 0. The summed E-state index contributed by atoms with van der Waals surface area (Å²) in [5, 5.41) is 9.53. The van der Waals surface area contributed by atoms with Gasteiger partial charge in [0.2, 0.25) is 0 Å². The zero-order valence-electron chi connectivity index (χ0n) is 7.73. The van der Waals surface area contributed by atoms with Crippen molar-refractivity contribution in [2.45, 2.75) is 18.9 Å². The minimum absolute atomic E-state index is 0.231. The molecule has 1 aromatic heterocycles. The summed E-state index contributed by atoms with van der Waals surface area (Å²) >= 11 is 3.40. The predicted octanol–water partition coefficient (Wildman–Crippen LogP) is 1.20. The van der Waals surface area contributed by atoms with Crippen LogP contribution >= 0.6 is 15.9 Å². The molecule has 1 aliphatic heterocycles. The maximum atomic E-state index is 9.53. The molecule has 0 amide bonds. The average molecular weight is 258 g/mol. The van der Waals surface area contributed by atoms with Crippen LogP contribution in [0.3, 0.4) is 0 Å². The summed E-state index contributed by atoms with van der Waals surface area (Å²) in [5.41, 5.74) is 0. The van der Waals surface area contributed by atoms with Crippen LogP contribution < -0.4 is 4.90 Å². The zero-order valence-corrected chi connectivity index (χ0v) is 9.31. The van der Waals surface area contributed by atoms with Gasteiger partial charge in [-0.1, -0.05) is 0 Å². The van der Waals surface area contributed by atoms with Gasteiger partial charge in [0.1, 0.15) is 12.1 Å². The van der Waals surface area contributed by atoms with Crippen LogP contribution in [-0.4, -0.2) is 34.3 Å². The van der Waals surface area contributed by atoms with Gasteiger partial charge in [0.25, 0.3) is 0 Å². The molecule has 0 aliphatic carbocycles. The molecular weight excluding hydrogens is 246 g/mol. The Bertz CT molecular complexity index is 321. The molecule has 5 heteroatoms. The van der Waals surface area contributed by atoms with E-state index in [2.05, 4.69) is 30.8 Å². The van der Waals surface area contributed by atoms with E-state index in [-0.39, 0.29) is 6.10 Å². The van der Waals surface area contributed by atoms with Crippen LogP contribution in [0, 0.1) is 0 Å². The number of aliphatic hydroxyl groups excluding tert-OH is 1. The topological polar surface area (TPSA) is 49.2 Å². The maximum Gasteiger partial charge on any atom is 0.146 e. The van der Waals surface area contributed by atoms with E-state index in [0.29, 0.717) is 6.54 Å². The van der Waals surface area contributed by atoms with Crippen molar-refractivity contribution >= 4 is 21.7 Å². The fraction of sp³-hybridized carbons (Fsp3) is 0.556. The van der Waals surface area contributed by atoms with E-state index < -0.39 is 0 Å². The number of nitrogens with zero attached hydrogens (tertiary/aromatic N) is 3. The molecule has 1 atom stereocenters. The molecule has 76 valence electrons. The number of anilines is 1. The smallest absolute Gasteiger partial charge is 0.146 e. The van der Waals surface area contributed by atoms with Crippen LogP contribution in [0.4, 0.5) is 5.82 Å². The summed E-state index contributed by atoms with van der Waals surface area (Å²) in [6.07, 6.45) is 4.92. The van der Waals surface area contributed by atoms with Gasteiger partial charge in [-0.3, -0.25) is 0 Å². The lowest BCUT2D eigenvalue weighted by molar-refractivity contribution is 0.154. The van der Waals surface area contributed by atoms with Crippen molar-refractivity contribution < 1.29 is 5.11 Å². The molecule has 1 unspecified atom stereocenters. The van der Waals surface area contributed by atoms with E-state index in [9.17, 15) is 5.11 Å². The lowest BCUT2D eigenvalue weighted by atomic mass is 10.1. The third kappa shape index (κ3) is 2.04. The van der Waals surface area contributed by atoms with E-state index in [1.54, 1.807) is 6.20 Å². The first-order valence-corrected chi connectivity index (χ1v) is 5.45. The first-order chi connectivity index (χ1) is 6.77. The summed E-state index contributed by atoms with van der Waals surface area (Å²) in [5.74, 6) is 0.874. The van der Waals surface area contributed by atoms with E-state index >= 15 is 0 Å². The third-order valence-electron chi connectivity index (χ3n) is 2.34. The Hall–Kier alpha value is -0.680. The number of hydrogen-bond donors (Lipinski definition) is 1. The third-order valence-corrected chi connectivity index (χ3v) is 2.90. The van der Waals surface area contributed by atoms with Crippen LogP contribution in [0.2, 0.25) is 0 Å². The first-order valence-electron chi connectivity index (χ1n) is 4.66.